The van der Waals surface area contributed by atoms with E-state index in [0.29, 0.717) is 32.7 Å². The summed E-state index contributed by atoms with van der Waals surface area (Å²) in [7, 11) is 0. The van der Waals surface area contributed by atoms with Crippen molar-refractivity contribution in [1.29, 1.82) is 0 Å². The van der Waals surface area contributed by atoms with Gasteiger partial charge in [-0.2, -0.15) is 0 Å². The van der Waals surface area contributed by atoms with E-state index in [9.17, 15) is 14.4 Å². The minimum atomic E-state index is -0.782. The van der Waals surface area contributed by atoms with Gasteiger partial charge in [-0.25, -0.2) is 4.79 Å². The fraction of sp³-hybridized carbons (Fsp3) is 0.421. The molecule has 4 amide bonds. The Morgan fingerprint density at radius 2 is 1.96 bits per heavy atom. The Hall–Kier alpha value is -2.87. The Labute approximate surface area is 156 Å². The van der Waals surface area contributed by atoms with Crippen LogP contribution in [0.15, 0.2) is 30.5 Å². The third-order valence-electron chi connectivity index (χ3n) is 5.13. The Kier molecular flexibility index (Phi) is 4.81. The number of hydrogen-bond acceptors (Lipinski definition) is 4. The van der Waals surface area contributed by atoms with Gasteiger partial charge in [0.1, 0.15) is 6.04 Å². The highest BCUT2D eigenvalue weighted by Crippen LogP contribution is 2.19. The largest absolute Gasteiger partial charge is 0.378 e. The number of ether oxygens (including phenoxy) is 1. The monoisotopic (exact) mass is 370 g/mol. The molecule has 0 spiro atoms. The maximum Gasteiger partial charge on any atom is 0.324 e. The van der Waals surface area contributed by atoms with Crippen molar-refractivity contribution in [3.05, 3.63) is 36.0 Å². The van der Waals surface area contributed by atoms with Crippen LogP contribution >= 0.6 is 0 Å². The van der Waals surface area contributed by atoms with Crippen molar-refractivity contribution in [2.24, 2.45) is 0 Å². The van der Waals surface area contributed by atoms with Gasteiger partial charge in [0.15, 0.2) is 0 Å². The number of rotatable bonds is 5. The number of carbonyl (C=O) groups is 3. The molecular formula is C19H22N4O4. The zero-order valence-electron chi connectivity index (χ0n) is 14.9. The molecule has 2 fully saturated rings. The van der Waals surface area contributed by atoms with Crippen molar-refractivity contribution < 1.29 is 19.1 Å². The molecule has 1 atom stereocenters. The lowest BCUT2D eigenvalue weighted by Crippen LogP contribution is -2.44. The molecule has 1 unspecified atom stereocenters. The highest BCUT2D eigenvalue weighted by molar-refractivity contribution is 6.05. The quantitative estimate of drug-likeness (QED) is 0.764. The number of urea groups is 1. The summed E-state index contributed by atoms with van der Waals surface area (Å²) in [6.45, 7) is 2.35. The number of benzene rings is 1. The number of fused-ring (bicyclic) bond motifs is 1. The molecule has 2 aliphatic rings. The molecule has 142 valence electrons. The lowest BCUT2D eigenvalue weighted by atomic mass is 10.1. The van der Waals surface area contributed by atoms with Gasteiger partial charge in [0.05, 0.1) is 19.6 Å². The number of morpholine rings is 1. The molecule has 0 aliphatic carbocycles. The number of nitrogens with one attached hydrogen (secondary N) is 2. The van der Waals surface area contributed by atoms with Crippen molar-refractivity contribution in [2.45, 2.75) is 18.9 Å². The number of aromatic amines is 1. The van der Waals surface area contributed by atoms with Crippen LogP contribution < -0.4 is 5.32 Å². The Bertz CT molecular complexity index is 871. The summed E-state index contributed by atoms with van der Waals surface area (Å²) in [5, 5.41) is 3.73. The fourth-order valence-corrected chi connectivity index (χ4v) is 3.61. The summed E-state index contributed by atoms with van der Waals surface area (Å²) >= 11 is 0. The van der Waals surface area contributed by atoms with E-state index in [0.717, 1.165) is 16.5 Å². The van der Waals surface area contributed by atoms with Gasteiger partial charge >= 0.3 is 6.03 Å². The van der Waals surface area contributed by atoms with Crippen LogP contribution in [0.3, 0.4) is 0 Å². The lowest BCUT2D eigenvalue weighted by molar-refractivity contribution is -0.138. The third-order valence-corrected chi connectivity index (χ3v) is 5.13. The van der Waals surface area contributed by atoms with Gasteiger partial charge in [0.2, 0.25) is 5.91 Å². The first-order valence-corrected chi connectivity index (χ1v) is 9.16. The molecule has 1 aromatic carbocycles. The van der Waals surface area contributed by atoms with Crippen LogP contribution in [0.1, 0.15) is 12.0 Å². The number of amides is 4. The van der Waals surface area contributed by atoms with Crippen LogP contribution in [0.2, 0.25) is 0 Å². The summed E-state index contributed by atoms with van der Waals surface area (Å²) in [6, 6.07) is 6.70. The number of H-pyrrole nitrogens is 1. The molecule has 3 heterocycles. The van der Waals surface area contributed by atoms with Gasteiger partial charge in [-0.3, -0.25) is 14.5 Å². The maximum absolute atomic E-state index is 12.6. The van der Waals surface area contributed by atoms with Crippen molar-refractivity contribution in [3.8, 4) is 0 Å². The summed E-state index contributed by atoms with van der Waals surface area (Å²) < 4.78 is 5.23. The van der Waals surface area contributed by atoms with E-state index in [1.807, 2.05) is 30.5 Å². The Balaban J connectivity index is 1.37. The average Bonchev–Trinajstić information content (AvgIpc) is 3.22. The molecular weight excluding hydrogens is 348 g/mol. The van der Waals surface area contributed by atoms with E-state index in [2.05, 4.69) is 10.3 Å². The average molecular weight is 370 g/mol. The van der Waals surface area contributed by atoms with E-state index in [1.165, 1.54) is 4.90 Å². The van der Waals surface area contributed by atoms with Crippen LogP contribution in [0, 0.1) is 0 Å². The van der Waals surface area contributed by atoms with E-state index in [4.69, 9.17) is 4.74 Å². The lowest BCUT2D eigenvalue weighted by Gasteiger charge is -2.27. The number of nitrogens with zero attached hydrogens (tertiary/aromatic N) is 2. The predicted molar refractivity (Wildman–Crippen MR) is 98.1 cm³/mol. The minimum absolute atomic E-state index is 0.00579. The SMILES string of the molecule is O=C(CC1NC(=O)N(CCc2c[nH]c3ccccc23)C1=O)N1CCOCC1. The molecule has 2 aromatic rings. The minimum Gasteiger partial charge on any atom is -0.378 e. The van der Waals surface area contributed by atoms with Crippen molar-refractivity contribution in [1.82, 2.24) is 20.1 Å². The fourth-order valence-electron chi connectivity index (χ4n) is 3.61. The van der Waals surface area contributed by atoms with Crippen LogP contribution in [-0.4, -0.2) is 71.5 Å². The first-order valence-electron chi connectivity index (χ1n) is 9.16. The molecule has 2 saturated heterocycles. The van der Waals surface area contributed by atoms with Crippen molar-refractivity contribution in [3.63, 3.8) is 0 Å². The van der Waals surface area contributed by atoms with Gasteiger partial charge in [-0.15, -0.1) is 0 Å². The van der Waals surface area contributed by atoms with Gasteiger partial charge in [0.25, 0.3) is 5.91 Å². The molecule has 8 heteroatoms. The number of hydrogen-bond donors (Lipinski definition) is 2. The van der Waals surface area contributed by atoms with E-state index in [1.54, 1.807) is 4.90 Å². The molecule has 0 bridgehead atoms. The van der Waals surface area contributed by atoms with Gasteiger partial charge in [-0.05, 0) is 18.1 Å². The number of aromatic nitrogens is 1. The Morgan fingerprint density at radius 1 is 1.19 bits per heavy atom. The molecule has 27 heavy (non-hydrogen) atoms. The second-order valence-electron chi connectivity index (χ2n) is 6.80. The summed E-state index contributed by atoms with van der Waals surface area (Å²) in [6.07, 6.45) is 2.46. The third kappa shape index (κ3) is 3.52. The molecule has 1 aromatic heterocycles. The standard InChI is InChI=1S/C19H22N4O4/c24-17(22-7-9-27-10-8-22)11-16-18(25)23(19(26)21-16)6-5-13-12-20-15-4-2-1-3-14(13)15/h1-4,12,16,20H,5-11H2,(H,21,26). The first-order chi connectivity index (χ1) is 13.1. The number of imide groups is 1. The highest BCUT2D eigenvalue weighted by Gasteiger charge is 2.39. The number of carbonyl (C=O) groups excluding carboxylic acids is 3. The molecule has 2 N–H and O–H groups in total. The normalized spacial score (nSPS) is 20.4. The van der Waals surface area contributed by atoms with Crippen LogP contribution in [-0.2, 0) is 20.7 Å². The van der Waals surface area contributed by atoms with E-state index in [-0.39, 0.29) is 24.8 Å². The molecule has 2 aliphatic heterocycles. The zero-order valence-corrected chi connectivity index (χ0v) is 14.9. The van der Waals surface area contributed by atoms with Crippen LogP contribution in [0.5, 0.6) is 0 Å². The smallest absolute Gasteiger partial charge is 0.324 e. The summed E-state index contributed by atoms with van der Waals surface area (Å²) in [5.41, 5.74) is 2.08. The van der Waals surface area contributed by atoms with Crippen molar-refractivity contribution in [2.75, 3.05) is 32.8 Å². The molecule has 4 rings (SSSR count). The number of para-hydroxylation sites is 1. The van der Waals surface area contributed by atoms with E-state index < -0.39 is 12.1 Å². The van der Waals surface area contributed by atoms with Crippen molar-refractivity contribution >= 4 is 28.7 Å². The van der Waals surface area contributed by atoms with Crippen LogP contribution in [0.4, 0.5) is 4.79 Å². The summed E-state index contributed by atoms with van der Waals surface area (Å²) in [4.78, 5) is 43.2. The molecule has 8 nitrogen and oxygen atoms in total. The van der Waals surface area contributed by atoms with Crippen LogP contribution in [0.25, 0.3) is 10.9 Å². The second-order valence-corrected chi connectivity index (χ2v) is 6.80. The van der Waals surface area contributed by atoms with E-state index >= 15 is 0 Å². The zero-order chi connectivity index (χ0) is 18.8. The maximum atomic E-state index is 12.6. The summed E-state index contributed by atoms with van der Waals surface area (Å²) in [5.74, 6) is -0.461. The second kappa shape index (κ2) is 7.40. The molecule has 0 radical (unpaired) electrons. The first kappa shape index (κ1) is 17.5. The Morgan fingerprint density at radius 3 is 2.78 bits per heavy atom. The highest BCUT2D eigenvalue weighted by atomic mass is 16.5. The van der Waals surface area contributed by atoms with Gasteiger partial charge in [0, 0.05) is 36.7 Å². The predicted octanol–water partition coefficient (Wildman–Crippen LogP) is 0.880. The van der Waals surface area contributed by atoms with Gasteiger partial charge in [-0.1, -0.05) is 18.2 Å². The van der Waals surface area contributed by atoms with Gasteiger partial charge < -0.3 is 19.9 Å². The topological polar surface area (TPSA) is 94.7 Å². The molecule has 0 saturated carbocycles.